The standard InChI is InChI=1S/C23H23ClFNO.ClH/c1-17-6-8-18(9-7-17)16-27-23-11-10-21(24)14-20(23)15-26-13-12-19-4-2-3-5-22(19)25;/h2-11,14,26H,12-13,15-16H2,1H3;1H. The zero-order chi connectivity index (χ0) is 19.1. The van der Waals surface area contributed by atoms with Crippen LogP contribution in [0.1, 0.15) is 22.3 Å². The van der Waals surface area contributed by atoms with Crippen LogP contribution in [0.2, 0.25) is 5.02 Å². The molecule has 5 heteroatoms. The van der Waals surface area contributed by atoms with Crippen LogP contribution in [0.4, 0.5) is 4.39 Å². The molecule has 0 aliphatic rings. The van der Waals surface area contributed by atoms with Gasteiger partial charge in [-0.05, 0) is 55.3 Å². The molecule has 1 N–H and O–H groups in total. The van der Waals surface area contributed by atoms with Crippen LogP contribution in [0.3, 0.4) is 0 Å². The third kappa shape index (κ3) is 6.52. The van der Waals surface area contributed by atoms with Crippen molar-refractivity contribution in [1.29, 1.82) is 0 Å². The van der Waals surface area contributed by atoms with Crippen LogP contribution in [0.25, 0.3) is 0 Å². The minimum absolute atomic E-state index is 0. The normalized spacial score (nSPS) is 10.4. The minimum Gasteiger partial charge on any atom is -0.489 e. The van der Waals surface area contributed by atoms with Crippen LogP contribution in [0.15, 0.2) is 66.7 Å². The lowest BCUT2D eigenvalue weighted by molar-refractivity contribution is 0.302. The van der Waals surface area contributed by atoms with E-state index in [4.69, 9.17) is 16.3 Å². The SMILES string of the molecule is Cc1ccc(COc2ccc(Cl)cc2CNCCc2ccccc2F)cc1.Cl. The Morgan fingerprint density at radius 3 is 2.46 bits per heavy atom. The van der Waals surface area contributed by atoms with Crippen LogP contribution in [0.5, 0.6) is 5.75 Å². The van der Waals surface area contributed by atoms with Crippen molar-refractivity contribution in [1.82, 2.24) is 5.32 Å². The average molecular weight is 420 g/mol. The maximum absolute atomic E-state index is 13.7. The van der Waals surface area contributed by atoms with Crippen molar-refractivity contribution in [3.8, 4) is 5.75 Å². The van der Waals surface area contributed by atoms with Gasteiger partial charge in [0, 0.05) is 17.1 Å². The lowest BCUT2D eigenvalue weighted by atomic mass is 10.1. The Hall–Kier alpha value is -2.07. The minimum atomic E-state index is -0.163. The summed E-state index contributed by atoms with van der Waals surface area (Å²) in [6.07, 6.45) is 0.632. The second kappa shape index (κ2) is 11.1. The Labute approximate surface area is 177 Å². The Morgan fingerprint density at radius 2 is 1.71 bits per heavy atom. The van der Waals surface area contributed by atoms with E-state index in [1.807, 2.05) is 30.3 Å². The molecule has 3 rings (SSSR count). The molecule has 0 aliphatic heterocycles. The summed E-state index contributed by atoms with van der Waals surface area (Å²) in [6.45, 7) is 3.85. The van der Waals surface area contributed by atoms with E-state index in [0.29, 0.717) is 36.7 Å². The van der Waals surface area contributed by atoms with Crippen LogP contribution >= 0.6 is 24.0 Å². The summed E-state index contributed by atoms with van der Waals surface area (Å²) in [6, 6.07) is 20.8. The summed E-state index contributed by atoms with van der Waals surface area (Å²) in [4.78, 5) is 0. The Bertz CT molecular complexity index is 884. The molecule has 0 amide bonds. The van der Waals surface area contributed by atoms with E-state index in [2.05, 4.69) is 36.5 Å². The average Bonchev–Trinajstić information content (AvgIpc) is 2.67. The smallest absolute Gasteiger partial charge is 0.126 e. The van der Waals surface area contributed by atoms with Crippen molar-refractivity contribution < 1.29 is 9.13 Å². The van der Waals surface area contributed by atoms with Crippen LogP contribution in [0, 0.1) is 12.7 Å². The zero-order valence-electron chi connectivity index (χ0n) is 15.8. The molecule has 3 aromatic rings. The second-order valence-corrected chi connectivity index (χ2v) is 6.98. The van der Waals surface area contributed by atoms with Gasteiger partial charge >= 0.3 is 0 Å². The van der Waals surface area contributed by atoms with Gasteiger partial charge in [-0.3, -0.25) is 0 Å². The molecule has 28 heavy (non-hydrogen) atoms. The summed E-state index contributed by atoms with van der Waals surface area (Å²) in [7, 11) is 0. The molecule has 0 fully saturated rings. The molecule has 0 aliphatic carbocycles. The molecule has 3 aromatic carbocycles. The zero-order valence-corrected chi connectivity index (χ0v) is 17.3. The van der Waals surface area contributed by atoms with Gasteiger partial charge in [0.25, 0.3) is 0 Å². The Kier molecular flexibility index (Phi) is 8.78. The molecule has 148 valence electrons. The molecule has 0 saturated heterocycles. The summed E-state index contributed by atoms with van der Waals surface area (Å²) < 4.78 is 19.7. The summed E-state index contributed by atoms with van der Waals surface area (Å²) in [5.41, 5.74) is 4.05. The summed E-state index contributed by atoms with van der Waals surface area (Å²) in [5.74, 6) is 0.641. The number of benzene rings is 3. The lowest BCUT2D eigenvalue weighted by Crippen LogP contribution is -2.17. The number of nitrogens with one attached hydrogen (secondary N) is 1. The predicted molar refractivity (Wildman–Crippen MR) is 116 cm³/mol. The Morgan fingerprint density at radius 1 is 0.964 bits per heavy atom. The molecule has 2 nitrogen and oxygen atoms in total. The van der Waals surface area contributed by atoms with Crippen LogP contribution in [-0.2, 0) is 19.6 Å². The van der Waals surface area contributed by atoms with Gasteiger partial charge in [-0.1, -0.05) is 59.6 Å². The Balaban J connectivity index is 0.00000280. The first-order valence-corrected chi connectivity index (χ1v) is 9.40. The number of hydrogen-bond donors (Lipinski definition) is 1. The van der Waals surface area contributed by atoms with E-state index < -0.39 is 0 Å². The van der Waals surface area contributed by atoms with Crippen LogP contribution < -0.4 is 10.1 Å². The molecular formula is C23H24Cl2FNO. The monoisotopic (exact) mass is 419 g/mol. The third-order valence-electron chi connectivity index (χ3n) is 4.38. The quantitative estimate of drug-likeness (QED) is 0.444. The molecule has 0 radical (unpaired) electrons. The van der Waals surface area contributed by atoms with Crippen molar-refractivity contribution in [2.45, 2.75) is 26.5 Å². The van der Waals surface area contributed by atoms with E-state index in [1.165, 1.54) is 11.6 Å². The van der Waals surface area contributed by atoms with Crippen molar-refractivity contribution in [2.75, 3.05) is 6.54 Å². The molecule has 0 bridgehead atoms. The highest BCUT2D eigenvalue weighted by Gasteiger charge is 2.06. The van der Waals surface area contributed by atoms with Gasteiger partial charge in [-0.25, -0.2) is 4.39 Å². The largest absolute Gasteiger partial charge is 0.489 e. The van der Waals surface area contributed by atoms with E-state index in [-0.39, 0.29) is 18.2 Å². The van der Waals surface area contributed by atoms with Crippen molar-refractivity contribution in [3.63, 3.8) is 0 Å². The molecule has 0 spiro atoms. The van der Waals surface area contributed by atoms with Gasteiger partial charge < -0.3 is 10.1 Å². The van der Waals surface area contributed by atoms with Gasteiger partial charge in [0.15, 0.2) is 0 Å². The third-order valence-corrected chi connectivity index (χ3v) is 4.62. The van der Waals surface area contributed by atoms with E-state index in [0.717, 1.165) is 16.9 Å². The number of rotatable bonds is 8. The van der Waals surface area contributed by atoms with Gasteiger partial charge in [0.1, 0.15) is 18.2 Å². The summed E-state index contributed by atoms with van der Waals surface area (Å²) >= 11 is 6.15. The van der Waals surface area contributed by atoms with Crippen molar-refractivity contribution in [2.24, 2.45) is 0 Å². The highest BCUT2D eigenvalue weighted by Crippen LogP contribution is 2.24. The first kappa shape index (κ1) is 22.2. The number of aryl methyl sites for hydroxylation is 1. The number of hydrogen-bond acceptors (Lipinski definition) is 2. The molecule has 0 aromatic heterocycles. The van der Waals surface area contributed by atoms with E-state index in [1.54, 1.807) is 6.07 Å². The molecule has 0 atom stereocenters. The predicted octanol–water partition coefficient (Wildman–Crippen LogP) is 6.12. The maximum atomic E-state index is 13.7. The maximum Gasteiger partial charge on any atom is 0.126 e. The van der Waals surface area contributed by atoms with Gasteiger partial charge in [-0.15, -0.1) is 12.4 Å². The first-order valence-electron chi connectivity index (χ1n) is 9.03. The number of ether oxygens (including phenoxy) is 1. The van der Waals surface area contributed by atoms with Crippen LogP contribution in [-0.4, -0.2) is 6.54 Å². The second-order valence-electron chi connectivity index (χ2n) is 6.54. The highest BCUT2D eigenvalue weighted by atomic mass is 35.5. The fourth-order valence-electron chi connectivity index (χ4n) is 2.82. The topological polar surface area (TPSA) is 21.3 Å². The van der Waals surface area contributed by atoms with Gasteiger partial charge in [-0.2, -0.15) is 0 Å². The summed E-state index contributed by atoms with van der Waals surface area (Å²) in [5, 5.41) is 4.02. The molecule has 0 heterocycles. The van der Waals surface area contributed by atoms with Gasteiger partial charge in [0.2, 0.25) is 0 Å². The highest BCUT2D eigenvalue weighted by molar-refractivity contribution is 6.30. The van der Waals surface area contributed by atoms with E-state index in [9.17, 15) is 4.39 Å². The number of halogens is 3. The van der Waals surface area contributed by atoms with Gasteiger partial charge in [0.05, 0.1) is 0 Å². The molecular weight excluding hydrogens is 396 g/mol. The van der Waals surface area contributed by atoms with Crippen molar-refractivity contribution >= 4 is 24.0 Å². The van der Waals surface area contributed by atoms with E-state index >= 15 is 0 Å². The lowest BCUT2D eigenvalue weighted by Gasteiger charge is -2.13. The fraction of sp³-hybridized carbons (Fsp3) is 0.217. The van der Waals surface area contributed by atoms with Crippen molar-refractivity contribution in [3.05, 3.63) is 99.8 Å². The molecule has 0 unspecified atom stereocenters. The molecule has 0 saturated carbocycles. The fourth-order valence-corrected chi connectivity index (χ4v) is 3.01. The first-order chi connectivity index (χ1) is 13.1.